The van der Waals surface area contributed by atoms with Gasteiger partial charge in [0, 0.05) is 34.7 Å². The first-order valence-corrected chi connectivity index (χ1v) is 3.88. The molecule has 0 aliphatic carbocycles. The van der Waals surface area contributed by atoms with Crippen molar-refractivity contribution >= 4 is 15.9 Å². The molecule has 4 heteroatoms. The molecule has 0 radical (unpaired) electrons. The van der Waals surface area contributed by atoms with Crippen molar-refractivity contribution in [2.45, 2.75) is 0 Å². The van der Waals surface area contributed by atoms with E-state index in [0.717, 1.165) is 0 Å². The lowest BCUT2D eigenvalue weighted by Gasteiger charge is -1.95. The number of pyridine rings is 1. The molecule has 0 aliphatic rings. The smallest absolute Gasteiger partial charge is 0.138 e. The van der Waals surface area contributed by atoms with Crippen molar-refractivity contribution in [2.75, 3.05) is 0 Å². The van der Waals surface area contributed by atoms with Gasteiger partial charge >= 0.3 is 0 Å². The molecule has 2 rings (SSSR count). The molecule has 0 aliphatic heterocycles. The highest BCUT2D eigenvalue weighted by Gasteiger charge is 1.99. The molecule has 0 bridgehead atoms. The second kappa shape index (κ2) is 3.06. The van der Waals surface area contributed by atoms with Crippen LogP contribution in [0.2, 0.25) is 0 Å². The van der Waals surface area contributed by atoms with E-state index in [0.29, 0.717) is 0 Å². The number of H-pyrrole nitrogens is 1. The molecule has 0 aromatic carbocycles. The lowest BCUT2D eigenvalue weighted by Crippen LogP contribution is -1.81. The quantitative estimate of drug-likeness (QED) is 0.814. The number of rotatable bonds is 1. The minimum atomic E-state index is -0.281. The molecular formula is C8H6BrN3. The standard InChI is InChI=1S/C8H6BrN3/c9-7-3-6(4-10-5-7)8-11-1-2-12-8/h1-5H,(H,11,12)/i1D,2D,3D,4D,5D. The highest BCUT2D eigenvalue weighted by Crippen LogP contribution is 2.17. The summed E-state index contributed by atoms with van der Waals surface area (Å²) in [6.45, 7) is 0. The van der Waals surface area contributed by atoms with E-state index in [1.807, 2.05) is 0 Å². The van der Waals surface area contributed by atoms with Gasteiger partial charge in [0.1, 0.15) is 5.82 Å². The van der Waals surface area contributed by atoms with Crippen molar-refractivity contribution in [3.8, 4) is 11.4 Å². The Bertz CT molecular complexity index is 578. The summed E-state index contributed by atoms with van der Waals surface area (Å²) in [4.78, 5) is 9.86. The number of aromatic nitrogens is 3. The molecule has 0 fully saturated rings. The average Bonchev–Trinajstić information content (AvgIpc) is 2.56. The third kappa shape index (κ3) is 1.38. The van der Waals surface area contributed by atoms with Crippen LogP contribution in [0, 0.1) is 0 Å². The summed E-state index contributed by atoms with van der Waals surface area (Å²) < 4.78 is 37.6. The third-order valence-electron chi connectivity index (χ3n) is 1.20. The fourth-order valence-electron chi connectivity index (χ4n) is 0.728. The maximum absolute atomic E-state index is 7.78. The number of imidazole rings is 1. The van der Waals surface area contributed by atoms with E-state index in [-0.39, 0.29) is 46.6 Å². The van der Waals surface area contributed by atoms with Crippen LogP contribution in [0.1, 0.15) is 6.85 Å². The Labute approximate surface area is 85.0 Å². The number of nitrogens with zero attached hydrogens (tertiary/aromatic N) is 2. The van der Waals surface area contributed by atoms with Crippen LogP contribution in [0.3, 0.4) is 0 Å². The maximum atomic E-state index is 7.78. The van der Waals surface area contributed by atoms with Gasteiger partial charge in [-0.3, -0.25) is 4.98 Å². The van der Waals surface area contributed by atoms with Crippen LogP contribution in [0.15, 0.2) is 35.2 Å². The predicted molar refractivity (Wildman–Crippen MR) is 49.5 cm³/mol. The second-order valence-corrected chi connectivity index (χ2v) is 2.76. The van der Waals surface area contributed by atoms with E-state index >= 15 is 0 Å². The van der Waals surface area contributed by atoms with E-state index in [2.05, 4.69) is 30.9 Å². The predicted octanol–water partition coefficient (Wildman–Crippen LogP) is 2.23. The number of halogens is 1. The van der Waals surface area contributed by atoms with Gasteiger partial charge in [-0.05, 0) is 22.0 Å². The summed E-state index contributed by atoms with van der Waals surface area (Å²) in [7, 11) is 0. The molecule has 2 aromatic rings. The SMILES string of the molecule is [2H]c1nc(-c2c([2H])nc([2H])c(Br)c2[2H])[nH]c1[2H]. The molecule has 0 atom stereocenters. The fourth-order valence-corrected chi connectivity index (χ4v) is 1.01. The van der Waals surface area contributed by atoms with Crippen molar-refractivity contribution < 1.29 is 6.85 Å². The Kier molecular flexibility index (Phi) is 0.945. The molecule has 1 N–H and O–H groups in total. The minimum Gasteiger partial charge on any atom is -0.345 e. The van der Waals surface area contributed by atoms with Crippen LogP contribution in [-0.2, 0) is 0 Å². The zero-order valence-electron chi connectivity index (χ0n) is 10.8. The van der Waals surface area contributed by atoms with Gasteiger partial charge in [-0.15, -0.1) is 0 Å². The van der Waals surface area contributed by atoms with E-state index in [1.54, 1.807) is 0 Å². The number of hydrogen-bond donors (Lipinski definition) is 1. The van der Waals surface area contributed by atoms with Crippen LogP contribution < -0.4 is 0 Å². The first-order chi connectivity index (χ1) is 7.91. The number of nitrogens with one attached hydrogen (secondary N) is 1. The summed E-state index contributed by atoms with van der Waals surface area (Å²) in [6, 6.07) is -0.108. The van der Waals surface area contributed by atoms with E-state index in [1.165, 1.54) is 0 Å². The first kappa shape index (κ1) is 3.70. The van der Waals surface area contributed by atoms with E-state index < -0.39 is 0 Å². The Morgan fingerprint density at radius 1 is 1.50 bits per heavy atom. The van der Waals surface area contributed by atoms with Crippen LogP contribution in [-0.4, -0.2) is 15.0 Å². The highest BCUT2D eigenvalue weighted by atomic mass is 79.9. The summed E-state index contributed by atoms with van der Waals surface area (Å²) >= 11 is 3.03. The fraction of sp³-hybridized carbons (Fsp3) is 0. The van der Waals surface area contributed by atoms with Crippen LogP contribution >= 0.6 is 15.9 Å². The Morgan fingerprint density at radius 2 is 2.42 bits per heavy atom. The molecular weight excluding hydrogens is 218 g/mol. The van der Waals surface area contributed by atoms with Gasteiger partial charge in [-0.1, -0.05) is 0 Å². The normalized spacial score (nSPS) is 15.9. The van der Waals surface area contributed by atoms with Gasteiger partial charge < -0.3 is 4.98 Å². The van der Waals surface area contributed by atoms with Crippen molar-refractivity contribution in [1.82, 2.24) is 15.0 Å². The third-order valence-corrected chi connectivity index (χ3v) is 1.57. The first-order valence-electron chi connectivity index (χ1n) is 5.58. The van der Waals surface area contributed by atoms with Gasteiger partial charge in [0.15, 0.2) is 0 Å². The average molecular weight is 229 g/mol. The molecule has 2 heterocycles. The van der Waals surface area contributed by atoms with Gasteiger partial charge in [0.25, 0.3) is 0 Å². The number of aromatic amines is 1. The van der Waals surface area contributed by atoms with Crippen molar-refractivity contribution in [3.05, 3.63) is 35.2 Å². The zero-order chi connectivity index (χ0) is 12.7. The zero-order valence-corrected chi connectivity index (χ0v) is 7.36. The van der Waals surface area contributed by atoms with Crippen molar-refractivity contribution in [3.63, 3.8) is 0 Å². The molecule has 2 aromatic heterocycles. The topological polar surface area (TPSA) is 41.6 Å². The highest BCUT2D eigenvalue weighted by molar-refractivity contribution is 9.10. The maximum Gasteiger partial charge on any atom is 0.138 e. The van der Waals surface area contributed by atoms with E-state index in [4.69, 9.17) is 6.85 Å². The summed E-state index contributed by atoms with van der Waals surface area (Å²) in [5, 5.41) is 0. The lowest BCUT2D eigenvalue weighted by molar-refractivity contribution is 1.25. The van der Waals surface area contributed by atoms with Crippen molar-refractivity contribution in [2.24, 2.45) is 0 Å². The number of hydrogen-bond acceptors (Lipinski definition) is 2. The van der Waals surface area contributed by atoms with Gasteiger partial charge in [0.05, 0.1) is 6.85 Å². The molecule has 0 saturated heterocycles. The van der Waals surface area contributed by atoms with Gasteiger partial charge in [-0.2, -0.15) is 0 Å². The lowest BCUT2D eigenvalue weighted by atomic mass is 10.3. The Morgan fingerprint density at radius 3 is 3.17 bits per heavy atom. The largest absolute Gasteiger partial charge is 0.345 e. The van der Waals surface area contributed by atoms with Crippen LogP contribution in [0.25, 0.3) is 11.4 Å². The molecule has 12 heavy (non-hydrogen) atoms. The molecule has 60 valence electrons. The monoisotopic (exact) mass is 228 g/mol. The molecule has 0 amide bonds. The summed E-state index contributed by atoms with van der Waals surface area (Å²) in [5.74, 6) is 0.0724. The van der Waals surface area contributed by atoms with Crippen LogP contribution in [0.4, 0.5) is 0 Å². The Hall–Kier alpha value is -1.16. The summed E-state index contributed by atoms with van der Waals surface area (Å²) in [6.07, 6.45) is -0.931. The second-order valence-electron chi connectivity index (χ2n) is 1.97. The molecule has 0 saturated carbocycles. The Balaban J connectivity index is 2.71. The van der Waals surface area contributed by atoms with Gasteiger partial charge in [-0.25, -0.2) is 4.98 Å². The molecule has 0 unspecified atom stereocenters. The summed E-state index contributed by atoms with van der Waals surface area (Å²) in [5.41, 5.74) is 0.0693. The minimum absolute atomic E-state index is 0.0693. The van der Waals surface area contributed by atoms with E-state index in [9.17, 15) is 0 Å². The van der Waals surface area contributed by atoms with Crippen molar-refractivity contribution in [1.29, 1.82) is 0 Å². The van der Waals surface area contributed by atoms with Gasteiger partial charge in [0.2, 0.25) is 0 Å². The van der Waals surface area contributed by atoms with Crippen LogP contribution in [0.5, 0.6) is 0 Å². The molecule has 0 spiro atoms. The molecule has 3 nitrogen and oxygen atoms in total.